The van der Waals surface area contributed by atoms with E-state index in [1.165, 1.54) is 18.2 Å². The monoisotopic (exact) mass is 524 g/mol. The highest BCUT2D eigenvalue weighted by molar-refractivity contribution is 6.01. The van der Waals surface area contributed by atoms with E-state index in [9.17, 15) is 24.4 Å². The van der Waals surface area contributed by atoms with Gasteiger partial charge in [0.1, 0.15) is 18.1 Å². The molecule has 1 aromatic heterocycles. The van der Waals surface area contributed by atoms with Crippen molar-refractivity contribution in [1.82, 2.24) is 20.1 Å². The molecule has 2 N–H and O–H groups in total. The number of pyridine rings is 1. The van der Waals surface area contributed by atoms with Crippen molar-refractivity contribution in [3.8, 4) is 11.8 Å². The van der Waals surface area contributed by atoms with Crippen LogP contribution >= 0.6 is 0 Å². The number of amides is 4. The number of carbonyl (C=O) groups excluding carboxylic acids is 4. The van der Waals surface area contributed by atoms with E-state index < -0.39 is 47.0 Å². The number of rotatable bonds is 3. The summed E-state index contributed by atoms with van der Waals surface area (Å²) in [5.41, 5.74) is -2.23. The minimum absolute atomic E-state index is 0.00424. The van der Waals surface area contributed by atoms with Crippen LogP contribution in [0, 0.1) is 22.2 Å². The molecule has 2 spiro atoms. The molecule has 3 aliphatic heterocycles. The van der Waals surface area contributed by atoms with Crippen LogP contribution in [-0.4, -0.2) is 82.5 Å². The number of nitriles is 1. The number of hydrogen-bond donors (Lipinski definition) is 2. The Hall–Kier alpha value is -3.88. The number of likely N-dealkylation sites (tertiary alicyclic amines) is 2. The van der Waals surface area contributed by atoms with Gasteiger partial charge in [-0.15, -0.1) is 0 Å². The van der Waals surface area contributed by atoms with Gasteiger partial charge < -0.3 is 29.9 Å². The first kappa shape index (κ1) is 25.8. The number of hydrogen-bond acceptors (Lipinski definition) is 8. The molecule has 5 rings (SSSR count). The molecular formula is C26H32N6O6. The van der Waals surface area contributed by atoms with Crippen LogP contribution in [0.2, 0.25) is 0 Å². The van der Waals surface area contributed by atoms with Gasteiger partial charge in [-0.2, -0.15) is 5.26 Å². The predicted octanol–water partition coefficient (Wildman–Crippen LogP) is 1.43. The Morgan fingerprint density at radius 3 is 2.63 bits per heavy atom. The summed E-state index contributed by atoms with van der Waals surface area (Å²) in [5.74, 6) is -0.582. The number of nitrogens with one attached hydrogen (secondary N) is 2. The third kappa shape index (κ3) is 4.29. The van der Waals surface area contributed by atoms with Gasteiger partial charge in [0.05, 0.1) is 19.7 Å². The predicted molar refractivity (Wildman–Crippen MR) is 133 cm³/mol. The minimum Gasteiger partial charge on any atom is -0.472 e. The van der Waals surface area contributed by atoms with Crippen molar-refractivity contribution >= 4 is 29.6 Å². The molecule has 4 amide bonds. The van der Waals surface area contributed by atoms with Gasteiger partial charge in [0, 0.05) is 19.2 Å². The van der Waals surface area contributed by atoms with E-state index in [-0.39, 0.29) is 30.1 Å². The fourth-order valence-electron chi connectivity index (χ4n) is 5.73. The quantitative estimate of drug-likeness (QED) is 0.602. The van der Waals surface area contributed by atoms with Crippen LogP contribution in [0.15, 0.2) is 18.3 Å². The second-order valence-electron chi connectivity index (χ2n) is 11.8. The zero-order valence-corrected chi connectivity index (χ0v) is 21.9. The third-order valence-corrected chi connectivity index (χ3v) is 8.07. The lowest BCUT2D eigenvalue weighted by molar-refractivity contribution is -0.147. The molecule has 38 heavy (non-hydrogen) atoms. The molecule has 2 saturated heterocycles. The summed E-state index contributed by atoms with van der Waals surface area (Å²) in [5, 5.41) is 15.3. The minimum atomic E-state index is -1.43. The molecule has 4 aliphatic rings. The van der Waals surface area contributed by atoms with Crippen LogP contribution in [0.3, 0.4) is 0 Å². The molecule has 4 heterocycles. The smallest absolute Gasteiger partial charge is 0.407 e. The molecule has 12 nitrogen and oxygen atoms in total. The highest BCUT2D eigenvalue weighted by Crippen LogP contribution is 2.55. The average molecular weight is 525 g/mol. The summed E-state index contributed by atoms with van der Waals surface area (Å²) < 4.78 is 10.8. The van der Waals surface area contributed by atoms with Gasteiger partial charge in [-0.25, -0.2) is 9.78 Å². The van der Waals surface area contributed by atoms with E-state index in [0.29, 0.717) is 18.7 Å². The number of methoxy groups -OCH3 is 1. The first-order valence-electron chi connectivity index (χ1n) is 12.7. The van der Waals surface area contributed by atoms with Crippen molar-refractivity contribution in [2.75, 3.05) is 25.5 Å². The maximum Gasteiger partial charge on any atom is 0.407 e. The number of aromatic nitrogens is 1. The average Bonchev–Trinajstić information content (AvgIpc) is 3.36. The molecule has 4 atom stereocenters. The number of ether oxygens (including phenoxy) is 2. The van der Waals surface area contributed by atoms with Crippen LogP contribution in [0.25, 0.3) is 0 Å². The lowest BCUT2D eigenvalue weighted by Gasteiger charge is -2.36. The molecule has 12 heteroatoms. The van der Waals surface area contributed by atoms with Crippen LogP contribution in [0.4, 0.5) is 10.6 Å². The Balaban J connectivity index is 1.42. The van der Waals surface area contributed by atoms with Gasteiger partial charge in [0.15, 0.2) is 11.6 Å². The topological polar surface area (TPSA) is 154 Å². The number of anilines is 1. The number of nitrogens with zero attached hydrogens (tertiary/aromatic N) is 4. The molecule has 1 aliphatic carbocycles. The Morgan fingerprint density at radius 2 is 2.00 bits per heavy atom. The standard InChI is InChI=1S/C26H32N6O6/c1-24(2,3)18(29-23(36)37-4)21(34)32-13-25(7-8-25)11-16(32)20(33)31-14-26(10-15(31)12-27)22(35)30-19-17(38-26)6-5-9-28-19/h5-6,9,15-16,18H,7-8,10-11,13-14H2,1-4H3,(H,29,36)(H,28,30,35). The van der Waals surface area contributed by atoms with Crippen molar-refractivity contribution in [3.63, 3.8) is 0 Å². The zero-order valence-electron chi connectivity index (χ0n) is 21.9. The fraction of sp³-hybridized carbons (Fsp3) is 0.615. The van der Waals surface area contributed by atoms with E-state index in [1.54, 1.807) is 17.0 Å². The summed E-state index contributed by atoms with van der Waals surface area (Å²) in [6, 6.07) is 2.84. The lowest BCUT2D eigenvalue weighted by Crippen LogP contribution is -2.59. The van der Waals surface area contributed by atoms with Gasteiger partial charge in [-0.3, -0.25) is 14.4 Å². The van der Waals surface area contributed by atoms with E-state index in [4.69, 9.17) is 9.47 Å². The van der Waals surface area contributed by atoms with Crippen molar-refractivity contribution < 1.29 is 28.7 Å². The van der Waals surface area contributed by atoms with E-state index in [2.05, 4.69) is 21.7 Å². The number of fused-ring (bicyclic) bond motifs is 1. The molecular weight excluding hydrogens is 492 g/mol. The second-order valence-corrected chi connectivity index (χ2v) is 11.8. The largest absolute Gasteiger partial charge is 0.472 e. The summed E-state index contributed by atoms with van der Waals surface area (Å²) in [7, 11) is 1.23. The summed E-state index contributed by atoms with van der Waals surface area (Å²) >= 11 is 0. The molecule has 1 aromatic rings. The Kier molecular flexibility index (Phi) is 6.00. The van der Waals surface area contributed by atoms with Crippen LogP contribution in [0.1, 0.15) is 46.5 Å². The molecule has 3 fully saturated rings. The van der Waals surface area contributed by atoms with Crippen molar-refractivity contribution in [2.24, 2.45) is 10.8 Å². The summed E-state index contributed by atoms with van der Waals surface area (Å²) in [4.78, 5) is 60.1. The Bertz CT molecular complexity index is 1230. The SMILES string of the molecule is COC(=O)NC(C(=O)N1CC2(CC2)CC1C(=O)N1CC2(CC1C#N)Oc1cccnc1NC2=O)C(C)(C)C. The van der Waals surface area contributed by atoms with Gasteiger partial charge in [-0.05, 0) is 42.2 Å². The molecule has 0 bridgehead atoms. The molecule has 0 radical (unpaired) electrons. The van der Waals surface area contributed by atoms with Gasteiger partial charge in [0.2, 0.25) is 17.4 Å². The van der Waals surface area contributed by atoms with Crippen LogP contribution in [0.5, 0.6) is 5.75 Å². The third-order valence-electron chi connectivity index (χ3n) is 8.07. The Morgan fingerprint density at radius 1 is 1.26 bits per heavy atom. The highest BCUT2D eigenvalue weighted by Gasteiger charge is 2.61. The van der Waals surface area contributed by atoms with Gasteiger partial charge in [-0.1, -0.05) is 20.8 Å². The zero-order chi connectivity index (χ0) is 27.5. The second kappa shape index (κ2) is 8.85. The summed E-state index contributed by atoms with van der Waals surface area (Å²) in [6.45, 7) is 5.75. The van der Waals surface area contributed by atoms with Crippen molar-refractivity contribution in [3.05, 3.63) is 18.3 Å². The van der Waals surface area contributed by atoms with E-state index in [1.807, 2.05) is 20.8 Å². The maximum absolute atomic E-state index is 14.0. The van der Waals surface area contributed by atoms with Gasteiger partial charge in [0.25, 0.3) is 5.91 Å². The molecule has 4 unspecified atom stereocenters. The van der Waals surface area contributed by atoms with E-state index >= 15 is 0 Å². The molecule has 1 saturated carbocycles. The number of alkyl carbamates (subject to hydrolysis) is 1. The van der Waals surface area contributed by atoms with Crippen LogP contribution < -0.4 is 15.4 Å². The van der Waals surface area contributed by atoms with Crippen LogP contribution in [-0.2, 0) is 19.1 Å². The van der Waals surface area contributed by atoms with E-state index in [0.717, 1.165) is 12.8 Å². The maximum atomic E-state index is 14.0. The fourth-order valence-corrected chi connectivity index (χ4v) is 5.73. The van der Waals surface area contributed by atoms with Gasteiger partial charge >= 0.3 is 6.09 Å². The molecule has 0 aromatic carbocycles. The van der Waals surface area contributed by atoms with Crippen molar-refractivity contribution in [1.29, 1.82) is 5.26 Å². The highest BCUT2D eigenvalue weighted by atomic mass is 16.5. The normalized spacial score (nSPS) is 27.7. The van der Waals surface area contributed by atoms with Crippen molar-refractivity contribution in [2.45, 2.75) is 70.2 Å². The number of carbonyl (C=O) groups is 4. The molecule has 202 valence electrons. The first-order chi connectivity index (χ1) is 17.9. The summed E-state index contributed by atoms with van der Waals surface area (Å²) in [6.07, 6.45) is 3.05. The lowest BCUT2D eigenvalue weighted by atomic mass is 9.85. The Labute approximate surface area is 220 Å². The first-order valence-corrected chi connectivity index (χ1v) is 12.7.